The van der Waals surface area contributed by atoms with Crippen LogP contribution in [0.3, 0.4) is 0 Å². The highest BCUT2D eigenvalue weighted by Gasteiger charge is 2.13. The summed E-state index contributed by atoms with van der Waals surface area (Å²) in [5.41, 5.74) is 0.0962. The van der Waals surface area contributed by atoms with Crippen molar-refractivity contribution in [2.75, 3.05) is 18.1 Å². The van der Waals surface area contributed by atoms with Crippen molar-refractivity contribution in [3.8, 4) is 0 Å². The van der Waals surface area contributed by atoms with Gasteiger partial charge in [-0.2, -0.15) is 11.8 Å². The van der Waals surface area contributed by atoms with Gasteiger partial charge in [0.15, 0.2) is 0 Å². The highest BCUT2D eigenvalue weighted by atomic mass is 32.2. The molecule has 1 aromatic rings. The number of hydrogen-bond donors (Lipinski definition) is 1. The number of hydrogen-bond acceptors (Lipinski definition) is 3. The van der Waals surface area contributed by atoms with Crippen LogP contribution in [-0.4, -0.2) is 28.7 Å². The molecular formula is C12H18N2OS. The molecule has 0 radical (unpaired) electrons. The molecule has 2 rings (SSSR count). The van der Waals surface area contributed by atoms with E-state index in [1.807, 2.05) is 24.0 Å². The lowest BCUT2D eigenvalue weighted by Gasteiger charge is -2.11. The molecule has 1 N–H and O–H groups in total. The molecule has 16 heavy (non-hydrogen) atoms. The average molecular weight is 238 g/mol. The zero-order valence-electron chi connectivity index (χ0n) is 9.39. The Labute approximate surface area is 100 Å². The van der Waals surface area contributed by atoms with Crippen LogP contribution in [0.2, 0.25) is 0 Å². The molecule has 1 saturated heterocycles. The van der Waals surface area contributed by atoms with Gasteiger partial charge < -0.3 is 9.88 Å². The molecule has 1 aliphatic rings. The van der Waals surface area contributed by atoms with E-state index in [1.165, 1.54) is 17.9 Å². The van der Waals surface area contributed by atoms with Gasteiger partial charge in [0.2, 0.25) is 5.56 Å². The van der Waals surface area contributed by atoms with Gasteiger partial charge in [0.05, 0.1) is 0 Å². The largest absolute Gasteiger partial charge is 0.315 e. The predicted molar refractivity (Wildman–Crippen MR) is 69.1 cm³/mol. The molecule has 4 heteroatoms. The molecule has 88 valence electrons. The van der Waals surface area contributed by atoms with E-state index in [0.717, 1.165) is 19.5 Å². The van der Waals surface area contributed by atoms with Gasteiger partial charge in [-0.25, -0.2) is 0 Å². The van der Waals surface area contributed by atoms with Crippen molar-refractivity contribution >= 4 is 11.8 Å². The lowest BCUT2D eigenvalue weighted by atomic mass is 10.2. The van der Waals surface area contributed by atoms with Gasteiger partial charge in [-0.05, 0) is 31.2 Å². The van der Waals surface area contributed by atoms with Gasteiger partial charge in [-0.15, -0.1) is 0 Å². The number of aromatic nitrogens is 1. The third-order valence-electron chi connectivity index (χ3n) is 2.84. The number of thioether (sulfide) groups is 1. The summed E-state index contributed by atoms with van der Waals surface area (Å²) in [5, 5.41) is 3.54. The SMILES string of the molecule is O=c1ccccn1CCCNC1CCSC1. The smallest absolute Gasteiger partial charge is 0.250 e. The summed E-state index contributed by atoms with van der Waals surface area (Å²) < 4.78 is 1.77. The molecule has 0 aliphatic carbocycles. The van der Waals surface area contributed by atoms with E-state index in [4.69, 9.17) is 0 Å². The zero-order chi connectivity index (χ0) is 11.2. The van der Waals surface area contributed by atoms with Crippen molar-refractivity contribution < 1.29 is 0 Å². The molecule has 0 bridgehead atoms. The number of pyridine rings is 1. The molecular weight excluding hydrogens is 220 g/mol. The van der Waals surface area contributed by atoms with Crippen LogP contribution in [0.5, 0.6) is 0 Å². The van der Waals surface area contributed by atoms with Crippen LogP contribution in [0.1, 0.15) is 12.8 Å². The second-order valence-corrected chi connectivity index (χ2v) is 5.25. The fourth-order valence-electron chi connectivity index (χ4n) is 1.90. The van der Waals surface area contributed by atoms with Gasteiger partial charge in [0.1, 0.15) is 0 Å². The molecule has 0 amide bonds. The summed E-state index contributed by atoms with van der Waals surface area (Å²) in [6.07, 6.45) is 4.16. The van der Waals surface area contributed by atoms with Crippen LogP contribution in [0.25, 0.3) is 0 Å². The standard InChI is InChI=1S/C12H18N2OS/c15-12-4-1-2-7-14(12)8-3-6-13-11-5-9-16-10-11/h1-2,4,7,11,13H,3,5-6,8-10H2. The second-order valence-electron chi connectivity index (χ2n) is 4.10. The first-order valence-electron chi connectivity index (χ1n) is 5.83. The van der Waals surface area contributed by atoms with Gasteiger partial charge in [0, 0.05) is 30.6 Å². The quantitative estimate of drug-likeness (QED) is 0.786. The van der Waals surface area contributed by atoms with Gasteiger partial charge in [0.25, 0.3) is 0 Å². The molecule has 1 fully saturated rings. The van der Waals surface area contributed by atoms with Crippen LogP contribution >= 0.6 is 11.8 Å². The van der Waals surface area contributed by atoms with E-state index < -0.39 is 0 Å². The Hall–Kier alpha value is -0.740. The van der Waals surface area contributed by atoms with Crippen molar-refractivity contribution in [2.24, 2.45) is 0 Å². The summed E-state index contributed by atoms with van der Waals surface area (Å²) in [6, 6.07) is 5.99. The van der Waals surface area contributed by atoms with E-state index in [1.54, 1.807) is 16.7 Å². The van der Waals surface area contributed by atoms with Crippen LogP contribution in [0, 0.1) is 0 Å². The summed E-state index contributed by atoms with van der Waals surface area (Å²) in [4.78, 5) is 11.4. The minimum Gasteiger partial charge on any atom is -0.315 e. The van der Waals surface area contributed by atoms with E-state index in [2.05, 4.69) is 5.32 Å². The van der Waals surface area contributed by atoms with Gasteiger partial charge in [-0.3, -0.25) is 4.79 Å². The summed E-state index contributed by atoms with van der Waals surface area (Å²) in [7, 11) is 0. The van der Waals surface area contributed by atoms with Crippen LogP contribution in [0.4, 0.5) is 0 Å². The summed E-state index contributed by atoms with van der Waals surface area (Å²) >= 11 is 2.02. The number of rotatable bonds is 5. The first-order chi connectivity index (χ1) is 7.86. The molecule has 3 nitrogen and oxygen atoms in total. The Bertz CT molecular complexity index is 371. The average Bonchev–Trinajstić information content (AvgIpc) is 2.79. The van der Waals surface area contributed by atoms with Crippen molar-refractivity contribution in [3.63, 3.8) is 0 Å². The number of aryl methyl sites for hydroxylation is 1. The Kier molecular flexibility index (Phi) is 4.48. The lowest BCUT2D eigenvalue weighted by Crippen LogP contribution is -2.30. The molecule has 1 aliphatic heterocycles. The summed E-state index contributed by atoms with van der Waals surface area (Å²) in [5.74, 6) is 2.53. The molecule has 1 aromatic heterocycles. The maximum atomic E-state index is 11.4. The monoisotopic (exact) mass is 238 g/mol. The highest BCUT2D eigenvalue weighted by molar-refractivity contribution is 7.99. The predicted octanol–water partition coefficient (Wildman–Crippen LogP) is 1.33. The first kappa shape index (κ1) is 11.7. The van der Waals surface area contributed by atoms with Gasteiger partial charge in [-0.1, -0.05) is 6.07 Å². The van der Waals surface area contributed by atoms with Crippen molar-refractivity contribution in [1.29, 1.82) is 0 Å². The number of nitrogens with one attached hydrogen (secondary N) is 1. The molecule has 0 spiro atoms. The number of nitrogens with zero attached hydrogens (tertiary/aromatic N) is 1. The fourth-order valence-corrected chi connectivity index (χ4v) is 3.08. The van der Waals surface area contributed by atoms with Crippen LogP contribution in [0.15, 0.2) is 29.2 Å². The molecule has 0 saturated carbocycles. The lowest BCUT2D eigenvalue weighted by molar-refractivity contribution is 0.514. The van der Waals surface area contributed by atoms with Crippen LogP contribution < -0.4 is 10.9 Å². The first-order valence-corrected chi connectivity index (χ1v) is 6.98. The van der Waals surface area contributed by atoms with E-state index in [-0.39, 0.29) is 5.56 Å². The third kappa shape index (κ3) is 3.39. The van der Waals surface area contributed by atoms with E-state index in [0.29, 0.717) is 6.04 Å². The highest BCUT2D eigenvalue weighted by Crippen LogP contribution is 2.16. The minimum absolute atomic E-state index is 0.0962. The van der Waals surface area contributed by atoms with Crippen molar-refractivity contribution in [1.82, 2.24) is 9.88 Å². The third-order valence-corrected chi connectivity index (χ3v) is 4.00. The van der Waals surface area contributed by atoms with E-state index >= 15 is 0 Å². The zero-order valence-corrected chi connectivity index (χ0v) is 10.2. The minimum atomic E-state index is 0.0962. The topological polar surface area (TPSA) is 34.0 Å². The maximum Gasteiger partial charge on any atom is 0.250 e. The normalized spacial score (nSPS) is 20.1. The Morgan fingerprint density at radius 1 is 1.50 bits per heavy atom. The molecule has 1 atom stereocenters. The second kappa shape index (κ2) is 6.11. The molecule has 0 aromatic carbocycles. The van der Waals surface area contributed by atoms with Gasteiger partial charge >= 0.3 is 0 Å². The van der Waals surface area contributed by atoms with Crippen LogP contribution in [-0.2, 0) is 6.54 Å². The Morgan fingerprint density at radius 2 is 2.44 bits per heavy atom. The molecule has 2 heterocycles. The Balaban J connectivity index is 1.68. The van der Waals surface area contributed by atoms with Crippen molar-refractivity contribution in [3.05, 3.63) is 34.7 Å². The summed E-state index contributed by atoms with van der Waals surface area (Å²) in [6.45, 7) is 1.82. The maximum absolute atomic E-state index is 11.4. The van der Waals surface area contributed by atoms with Crippen molar-refractivity contribution in [2.45, 2.75) is 25.4 Å². The Morgan fingerprint density at radius 3 is 3.19 bits per heavy atom. The fraction of sp³-hybridized carbons (Fsp3) is 0.583. The van der Waals surface area contributed by atoms with E-state index in [9.17, 15) is 4.79 Å². The molecule has 1 unspecified atom stereocenters.